The highest BCUT2D eigenvalue weighted by Gasteiger charge is 2.18. The average molecular weight is 472 g/mol. The second-order valence-electron chi connectivity index (χ2n) is 4.86. The zero-order valence-corrected chi connectivity index (χ0v) is 17.3. The van der Waals surface area contributed by atoms with Gasteiger partial charge in [-0.25, -0.2) is 4.98 Å². The fourth-order valence-electron chi connectivity index (χ4n) is 2.11. The summed E-state index contributed by atoms with van der Waals surface area (Å²) in [6.45, 7) is 0. The quantitative estimate of drug-likeness (QED) is 0.284. The Morgan fingerprint density at radius 2 is 1.20 bits per heavy atom. The van der Waals surface area contributed by atoms with Gasteiger partial charge in [0.05, 0.1) is 40.7 Å². The lowest BCUT2D eigenvalue weighted by atomic mass is 10.1. The lowest BCUT2D eigenvalue weighted by molar-refractivity contribution is 0.112. The molecule has 9 heteroatoms. The predicted molar refractivity (Wildman–Crippen MR) is 108 cm³/mol. The number of aromatic nitrogens is 1. The lowest BCUT2D eigenvalue weighted by Gasteiger charge is -2.04. The third-order valence-electron chi connectivity index (χ3n) is 3.25. The molecule has 25 heavy (non-hydrogen) atoms. The van der Waals surface area contributed by atoms with Crippen molar-refractivity contribution in [2.45, 2.75) is 0 Å². The Bertz CT molecular complexity index is 954. The van der Waals surface area contributed by atoms with E-state index in [0.717, 1.165) is 0 Å². The fraction of sp³-hybridized carbons (Fsp3) is 0. The number of rotatable bonds is 3. The molecule has 0 amide bonds. The SMILES string of the molecule is O=Cc1sc(-c2cc(Cl)c(Cl)c(Cl)c2)nc1-c1cc(Cl)c(Cl)c(Cl)c1. The van der Waals surface area contributed by atoms with E-state index in [1.807, 2.05) is 0 Å². The second-order valence-corrected chi connectivity index (χ2v) is 8.27. The van der Waals surface area contributed by atoms with Gasteiger partial charge in [-0.2, -0.15) is 0 Å². The van der Waals surface area contributed by atoms with Crippen molar-refractivity contribution in [3.8, 4) is 21.8 Å². The number of nitrogens with zero attached hydrogens (tertiary/aromatic N) is 1. The van der Waals surface area contributed by atoms with Gasteiger partial charge in [-0.1, -0.05) is 69.6 Å². The molecular formula is C16H5Cl6NOS. The molecule has 0 unspecified atom stereocenters. The fourth-order valence-corrected chi connectivity index (χ4v) is 4.19. The summed E-state index contributed by atoms with van der Waals surface area (Å²) in [6.07, 6.45) is 0.714. The van der Waals surface area contributed by atoms with Crippen molar-refractivity contribution in [3.05, 3.63) is 59.3 Å². The molecule has 0 aliphatic carbocycles. The van der Waals surface area contributed by atoms with Crippen LogP contribution in [0.25, 0.3) is 21.8 Å². The first-order valence-electron chi connectivity index (χ1n) is 6.57. The number of thiazole rings is 1. The number of benzene rings is 2. The molecule has 0 fully saturated rings. The molecule has 128 valence electrons. The minimum atomic E-state index is 0.242. The van der Waals surface area contributed by atoms with Crippen LogP contribution in [-0.2, 0) is 0 Å². The molecular weight excluding hydrogens is 467 g/mol. The molecule has 3 aromatic rings. The van der Waals surface area contributed by atoms with E-state index in [1.54, 1.807) is 24.3 Å². The van der Waals surface area contributed by atoms with E-state index in [4.69, 9.17) is 69.6 Å². The number of hydrogen-bond acceptors (Lipinski definition) is 3. The van der Waals surface area contributed by atoms with E-state index in [1.165, 1.54) is 11.3 Å². The summed E-state index contributed by atoms with van der Waals surface area (Å²) in [6, 6.07) is 6.47. The maximum Gasteiger partial charge on any atom is 0.162 e. The van der Waals surface area contributed by atoms with Crippen molar-refractivity contribution in [1.29, 1.82) is 0 Å². The Labute approximate surface area is 177 Å². The summed E-state index contributed by atoms with van der Waals surface area (Å²) in [5.41, 5.74) is 1.66. The average Bonchev–Trinajstić information content (AvgIpc) is 3.01. The van der Waals surface area contributed by atoms with Gasteiger partial charge < -0.3 is 0 Å². The van der Waals surface area contributed by atoms with Crippen LogP contribution in [0.2, 0.25) is 30.1 Å². The number of hydrogen-bond donors (Lipinski definition) is 0. The Morgan fingerprint density at radius 1 is 0.760 bits per heavy atom. The third-order valence-corrected chi connectivity index (χ3v) is 6.67. The number of carbonyl (C=O) groups is 1. The molecule has 0 bridgehead atoms. The van der Waals surface area contributed by atoms with Crippen LogP contribution < -0.4 is 0 Å². The van der Waals surface area contributed by atoms with Crippen LogP contribution in [0.3, 0.4) is 0 Å². The molecule has 0 atom stereocenters. The van der Waals surface area contributed by atoms with Crippen LogP contribution in [0.4, 0.5) is 0 Å². The van der Waals surface area contributed by atoms with Gasteiger partial charge in [0.2, 0.25) is 0 Å². The van der Waals surface area contributed by atoms with Crippen LogP contribution in [0.5, 0.6) is 0 Å². The largest absolute Gasteiger partial charge is 0.297 e. The standard InChI is InChI=1S/C16H5Cl6NOS/c17-8-1-6(2-9(18)13(8)21)15-12(5-24)25-16(23-15)7-3-10(19)14(22)11(20)4-7/h1-5H. The number of carbonyl (C=O) groups excluding carboxylic acids is 1. The van der Waals surface area contributed by atoms with Crippen LogP contribution in [0.1, 0.15) is 9.67 Å². The van der Waals surface area contributed by atoms with Crippen molar-refractivity contribution < 1.29 is 4.79 Å². The summed E-state index contributed by atoms with van der Waals surface area (Å²) < 4.78 is 0. The molecule has 0 saturated carbocycles. The monoisotopic (exact) mass is 469 g/mol. The van der Waals surface area contributed by atoms with E-state index < -0.39 is 0 Å². The van der Waals surface area contributed by atoms with Crippen molar-refractivity contribution in [3.63, 3.8) is 0 Å². The van der Waals surface area contributed by atoms with Gasteiger partial charge in [-0.3, -0.25) is 4.79 Å². The predicted octanol–water partition coefficient (Wildman–Crippen LogP) is 8.21. The molecule has 1 heterocycles. The normalized spacial score (nSPS) is 11.0. The Balaban J connectivity index is 2.17. The molecule has 3 rings (SSSR count). The van der Waals surface area contributed by atoms with Gasteiger partial charge in [0.25, 0.3) is 0 Å². The lowest BCUT2D eigenvalue weighted by Crippen LogP contribution is -1.86. The Kier molecular flexibility index (Phi) is 5.86. The molecule has 0 spiro atoms. The van der Waals surface area contributed by atoms with E-state index in [9.17, 15) is 4.79 Å². The van der Waals surface area contributed by atoms with Gasteiger partial charge in [-0.05, 0) is 24.3 Å². The smallest absolute Gasteiger partial charge is 0.162 e. The third kappa shape index (κ3) is 3.79. The molecule has 0 saturated heterocycles. The summed E-state index contributed by atoms with van der Waals surface area (Å²) in [5, 5.41) is 2.19. The molecule has 2 nitrogen and oxygen atoms in total. The van der Waals surface area contributed by atoms with Gasteiger partial charge >= 0.3 is 0 Å². The zero-order valence-electron chi connectivity index (χ0n) is 11.9. The second kappa shape index (κ2) is 7.61. The Hall–Kier alpha value is -0.520. The summed E-state index contributed by atoms with van der Waals surface area (Å²) in [4.78, 5) is 16.4. The van der Waals surface area contributed by atoms with E-state index in [-0.39, 0.29) is 20.1 Å². The highest BCUT2D eigenvalue weighted by Crippen LogP contribution is 2.40. The topological polar surface area (TPSA) is 30.0 Å². The van der Waals surface area contributed by atoms with Crippen LogP contribution in [0, 0.1) is 0 Å². The highest BCUT2D eigenvalue weighted by atomic mass is 35.5. The van der Waals surface area contributed by atoms with Crippen molar-refractivity contribution >= 4 is 87.2 Å². The van der Waals surface area contributed by atoms with Crippen LogP contribution >= 0.6 is 80.9 Å². The van der Waals surface area contributed by atoms with Crippen LogP contribution in [0.15, 0.2) is 24.3 Å². The van der Waals surface area contributed by atoms with Crippen LogP contribution in [-0.4, -0.2) is 11.3 Å². The molecule has 0 aliphatic heterocycles. The summed E-state index contributed by atoms with van der Waals surface area (Å²) in [5.74, 6) is 0. The molecule has 0 radical (unpaired) electrons. The van der Waals surface area contributed by atoms with Gasteiger partial charge in [0, 0.05) is 11.1 Å². The summed E-state index contributed by atoms with van der Waals surface area (Å²) >= 11 is 37.4. The van der Waals surface area contributed by atoms with Crippen molar-refractivity contribution in [1.82, 2.24) is 4.98 Å². The molecule has 1 aromatic heterocycles. The van der Waals surface area contributed by atoms with E-state index in [0.29, 0.717) is 43.0 Å². The first-order valence-corrected chi connectivity index (χ1v) is 9.66. The van der Waals surface area contributed by atoms with Gasteiger partial charge in [0.15, 0.2) is 6.29 Å². The molecule has 2 aromatic carbocycles. The highest BCUT2D eigenvalue weighted by molar-refractivity contribution is 7.17. The van der Waals surface area contributed by atoms with Gasteiger partial charge in [-0.15, -0.1) is 11.3 Å². The van der Waals surface area contributed by atoms with Crippen molar-refractivity contribution in [2.24, 2.45) is 0 Å². The minimum Gasteiger partial charge on any atom is -0.297 e. The van der Waals surface area contributed by atoms with Crippen molar-refractivity contribution in [2.75, 3.05) is 0 Å². The maximum atomic E-state index is 11.5. The Morgan fingerprint density at radius 3 is 1.64 bits per heavy atom. The van der Waals surface area contributed by atoms with Gasteiger partial charge in [0.1, 0.15) is 5.01 Å². The number of aldehydes is 1. The minimum absolute atomic E-state index is 0.242. The van der Waals surface area contributed by atoms with E-state index in [2.05, 4.69) is 4.98 Å². The molecule has 0 N–H and O–H groups in total. The summed E-state index contributed by atoms with van der Waals surface area (Å²) in [7, 11) is 0. The maximum absolute atomic E-state index is 11.5. The van der Waals surface area contributed by atoms with E-state index >= 15 is 0 Å². The first kappa shape index (κ1) is 19.2. The number of halogens is 6. The zero-order chi connectivity index (χ0) is 18.3. The molecule has 0 aliphatic rings. The first-order chi connectivity index (χ1) is 11.8.